The van der Waals surface area contributed by atoms with Gasteiger partial charge < -0.3 is 5.32 Å². The van der Waals surface area contributed by atoms with Crippen LogP contribution in [0.3, 0.4) is 0 Å². The number of aryl methyl sites for hydroxylation is 1. The van der Waals surface area contributed by atoms with Gasteiger partial charge in [0.05, 0.1) is 0 Å². The van der Waals surface area contributed by atoms with E-state index in [0.717, 1.165) is 22.2 Å². The number of rotatable bonds is 5. The molecule has 148 valence electrons. The Morgan fingerprint density at radius 2 is 1.89 bits per heavy atom. The fraction of sp³-hybridized carbons (Fsp3) is 0.368. The maximum atomic E-state index is 12.7. The molecule has 0 radical (unpaired) electrons. The molecule has 8 nitrogen and oxygen atoms in total. The molecule has 0 unspecified atom stereocenters. The molecule has 0 bridgehead atoms. The number of carbonyl (C=O) groups is 1. The monoisotopic (exact) mass is 403 g/mol. The number of nitrogens with zero attached hydrogens (tertiary/aromatic N) is 4. The van der Waals surface area contributed by atoms with Gasteiger partial charge in [0, 0.05) is 19.8 Å². The number of nitrogens with one attached hydrogen (secondary N) is 1. The molecule has 3 aromatic rings. The van der Waals surface area contributed by atoms with Crippen LogP contribution in [0, 0.1) is 0 Å². The molecule has 0 spiro atoms. The first-order valence-electron chi connectivity index (χ1n) is 8.96. The van der Waals surface area contributed by atoms with E-state index in [4.69, 9.17) is 11.6 Å². The number of fused-ring (bicyclic) bond motifs is 1. The van der Waals surface area contributed by atoms with Crippen LogP contribution in [0.15, 0.2) is 33.9 Å². The Balaban J connectivity index is 1.99. The van der Waals surface area contributed by atoms with E-state index >= 15 is 0 Å². The highest BCUT2D eigenvalue weighted by Gasteiger charge is 2.20. The molecule has 1 N–H and O–H groups in total. The minimum absolute atomic E-state index is 0.0290. The van der Waals surface area contributed by atoms with Crippen LogP contribution in [0.25, 0.3) is 11.2 Å². The first-order valence-corrected chi connectivity index (χ1v) is 9.34. The molecule has 0 aliphatic carbocycles. The van der Waals surface area contributed by atoms with Gasteiger partial charge in [0.15, 0.2) is 11.2 Å². The number of imidazole rings is 1. The van der Waals surface area contributed by atoms with Crippen LogP contribution in [-0.4, -0.2) is 24.6 Å². The lowest BCUT2D eigenvalue weighted by atomic mass is 9.97. The number of hydrogen-bond acceptors (Lipinski definition) is 4. The van der Waals surface area contributed by atoms with Crippen molar-refractivity contribution in [1.29, 1.82) is 0 Å². The Bertz CT molecular complexity index is 1170. The molecule has 2 heterocycles. The van der Waals surface area contributed by atoms with Crippen molar-refractivity contribution >= 4 is 34.4 Å². The van der Waals surface area contributed by atoms with Crippen LogP contribution in [0.4, 0.5) is 5.69 Å². The topological polar surface area (TPSA) is 90.9 Å². The molecule has 1 aromatic carbocycles. The summed E-state index contributed by atoms with van der Waals surface area (Å²) in [6.45, 7) is 3.98. The number of amides is 1. The van der Waals surface area contributed by atoms with Crippen LogP contribution in [-0.2, 0) is 25.4 Å². The van der Waals surface area contributed by atoms with Crippen LogP contribution < -0.4 is 16.6 Å². The highest BCUT2D eigenvalue weighted by Crippen LogP contribution is 2.26. The van der Waals surface area contributed by atoms with Crippen molar-refractivity contribution < 1.29 is 4.79 Å². The largest absolute Gasteiger partial charge is 0.332 e. The van der Waals surface area contributed by atoms with Crippen LogP contribution in [0.1, 0.15) is 31.7 Å². The fourth-order valence-electron chi connectivity index (χ4n) is 3.16. The molecule has 2 aromatic heterocycles. The summed E-state index contributed by atoms with van der Waals surface area (Å²) in [5.74, 6) is -0.0520. The van der Waals surface area contributed by atoms with E-state index in [1.165, 1.54) is 23.2 Å². The number of aromatic nitrogens is 4. The number of hydrogen-bond donors (Lipinski definition) is 1. The molecule has 0 aliphatic rings. The third kappa shape index (κ3) is 3.35. The predicted molar refractivity (Wildman–Crippen MR) is 109 cm³/mol. The van der Waals surface area contributed by atoms with Crippen molar-refractivity contribution in [2.24, 2.45) is 14.1 Å². The van der Waals surface area contributed by atoms with Crippen LogP contribution >= 0.6 is 11.6 Å². The van der Waals surface area contributed by atoms with Gasteiger partial charge in [-0.1, -0.05) is 32.0 Å². The number of carbonyl (C=O) groups excluding carboxylic acids is 1. The van der Waals surface area contributed by atoms with E-state index in [9.17, 15) is 14.4 Å². The Kier molecular flexibility index (Phi) is 5.42. The predicted octanol–water partition coefficient (Wildman–Crippen LogP) is 2.24. The van der Waals surface area contributed by atoms with Gasteiger partial charge in [-0.15, -0.1) is 0 Å². The Hall–Kier alpha value is -2.87. The summed E-state index contributed by atoms with van der Waals surface area (Å²) in [5, 5.41) is 2.86. The molecule has 0 aliphatic heterocycles. The summed E-state index contributed by atoms with van der Waals surface area (Å²) >= 11 is 6.18. The average molecular weight is 404 g/mol. The number of anilines is 1. The van der Waals surface area contributed by atoms with Crippen molar-refractivity contribution in [3.63, 3.8) is 0 Å². The molecule has 1 atom stereocenters. The number of para-hydroxylation sites is 1. The van der Waals surface area contributed by atoms with E-state index in [-0.39, 0.29) is 34.8 Å². The van der Waals surface area contributed by atoms with Gasteiger partial charge in [-0.2, -0.15) is 4.98 Å². The molecule has 9 heteroatoms. The molecule has 3 rings (SSSR count). The van der Waals surface area contributed by atoms with Gasteiger partial charge in [0.1, 0.15) is 6.54 Å². The van der Waals surface area contributed by atoms with Gasteiger partial charge >= 0.3 is 5.69 Å². The first-order chi connectivity index (χ1) is 13.3. The summed E-state index contributed by atoms with van der Waals surface area (Å²) in [5.41, 5.74) is 0.961. The van der Waals surface area contributed by atoms with Crippen molar-refractivity contribution in [3.05, 3.63) is 56.0 Å². The van der Waals surface area contributed by atoms with Gasteiger partial charge in [0.25, 0.3) is 5.56 Å². The summed E-state index contributed by atoms with van der Waals surface area (Å²) in [6.07, 6.45) is 0.939. The zero-order valence-corrected chi connectivity index (χ0v) is 16.9. The normalized spacial score (nSPS) is 12.3. The second-order valence-corrected chi connectivity index (χ2v) is 7.13. The first kappa shape index (κ1) is 19.9. The van der Waals surface area contributed by atoms with Crippen molar-refractivity contribution in [2.75, 3.05) is 5.32 Å². The zero-order valence-electron chi connectivity index (χ0n) is 16.2. The molecule has 1 amide bonds. The lowest BCUT2D eigenvalue weighted by Crippen LogP contribution is -2.37. The van der Waals surface area contributed by atoms with Gasteiger partial charge in [0.2, 0.25) is 11.2 Å². The van der Waals surface area contributed by atoms with Crippen molar-refractivity contribution in [1.82, 2.24) is 18.7 Å². The standard InChI is InChI=1S/C19H22ClN5O3/c1-5-11(2)12-8-6-7-9-13(12)21-14(26)10-25-15-16(22-18(25)20)23(3)19(28)24(4)17(15)27/h6-9,11H,5,10H2,1-4H3,(H,21,26)/t11-/m1/s1. The average Bonchev–Trinajstić information content (AvgIpc) is 3.00. The summed E-state index contributed by atoms with van der Waals surface area (Å²) in [4.78, 5) is 41.4. The molecule has 0 saturated carbocycles. The van der Waals surface area contributed by atoms with E-state index in [1.807, 2.05) is 24.3 Å². The maximum Gasteiger partial charge on any atom is 0.332 e. The maximum absolute atomic E-state index is 12.7. The number of benzene rings is 1. The fourth-order valence-corrected chi connectivity index (χ4v) is 3.38. The SMILES string of the molecule is CC[C@@H](C)c1ccccc1NC(=O)Cn1c(Cl)nc2c1c(=O)n(C)c(=O)n2C. The number of halogens is 1. The zero-order chi connectivity index (χ0) is 20.6. The Morgan fingerprint density at radius 3 is 2.57 bits per heavy atom. The Labute approximate surface area is 166 Å². The summed E-state index contributed by atoms with van der Waals surface area (Å²) in [7, 11) is 2.87. The van der Waals surface area contributed by atoms with Crippen LogP contribution in [0.5, 0.6) is 0 Å². The minimum Gasteiger partial charge on any atom is -0.324 e. The highest BCUT2D eigenvalue weighted by molar-refractivity contribution is 6.29. The third-order valence-electron chi connectivity index (χ3n) is 4.98. The lowest BCUT2D eigenvalue weighted by Gasteiger charge is -2.16. The summed E-state index contributed by atoms with van der Waals surface area (Å²) in [6, 6.07) is 7.61. The Morgan fingerprint density at radius 1 is 1.21 bits per heavy atom. The van der Waals surface area contributed by atoms with Gasteiger partial charge in [-0.3, -0.25) is 23.3 Å². The van der Waals surface area contributed by atoms with E-state index in [0.29, 0.717) is 0 Å². The molecular weight excluding hydrogens is 382 g/mol. The van der Waals surface area contributed by atoms with Gasteiger partial charge in [-0.25, -0.2) is 4.79 Å². The molecular formula is C19H22ClN5O3. The van der Waals surface area contributed by atoms with Crippen molar-refractivity contribution in [3.8, 4) is 0 Å². The minimum atomic E-state index is -0.551. The second-order valence-electron chi connectivity index (χ2n) is 6.79. The molecule has 28 heavy (non-hydrogen) atoms. The van der Waals surface area contributed by atoms with Gasteiger partial charge in [-0.05, 0) is 35.6 Å². The summed E-state index contributed by atoms with van der Waals surface area (Å²) < 4.78 is 3.52. The quantitative estimate of drug-likeness (QED) is 0.661. The smallest absolute Gasteiger partial charge is 0.324 e. The van der Waals surface area contributed by atoms with Crippen molar-refractivity contribution in [2.45, 2.75) is 32.7 Å². The van der Waals surface area contributed by atoms with E-state index in [2.05, 4.69) is 24.1 Å². The van der Waals surface area contributed by atoms with E-state index < -0.39 is 11.2 Å². The van der Waals surface area contributed by atoms with Crippen LogP contribution in [0.2, 0.25) is 5.28 Å². The molecule has 0 saturated heterocycles. The van der Waals surface area contributed by atoms with E-state index in [1.54, 1.807) is 0 Å². The lowest BCUT2D eigenvalue weighted by molar-refractivity contribution is -0.116. The third-order valence-corrected chi connectivity index (χ3v) is 5.27. The highest BCUT2D eigenvalue weighted by atomic mass is 35.5. The second kappa shape index (κ2) is 7.63. The molecule has 0 fully saturated rings.